The molecule has 0 fully saturated rings. The summed E-state index contributed by atoms with van der Waals surface area (Å²) in [7, 11) is 2.14. The molecule has 0 heterocycles. The molecule has 0 unspecified atom stereocenters. The number of hydrogen-bond donors (Lipinski definition) is 0. The molecule has 0 aliphatic rings. The minimum atomic E-state index is -3.46. The van der Waals surface area contributed by atoms with E-state index in [9.17, 15) is 8.42 Å². The highest BCUT2D eigenvalue weighted by molar-refractivity contribution is 8.24. The van der Waals surface area contributed by atoms with Crippen molar-refractivity contribution in [2.24, 2.45) is 0 Å². The molecule has 0 aromatic heterocycles. The van der Waals surface area contributed by atoms with Crippen LogP contribution in [-0.2, 0) is 10.0 Å². The van der Waals surface area contributed by atoms with Crippen molar-refractivity contribution in [2.45, 2.75) is 24.7 Å². The standard InChI is InChI=1S/C10H14ClNO2S2/c1-2-3-9-12(15-11)16(13,14)10-7-5-4-6-8-10/h4-8H,2-3,9H2,1H3. The van der Waals surface area contributed by atoms with Crippen LogP contribution in [0.2, 0.25) is 0 Å². The third-order valence-corrected chi connectivity index (χ3v) is 5.56. The van der Waals surface area contributed by atoms with Crippen LogP contribution in [-0.4, -0.2) is 18.7 Å². The number of sulfonamides is 1. The monoisotopic (exact) mass is 279 g/mol. The summed E-state index contributed by atoms with van der Waals surface area (Å²) in [5.74, 6) is 0. The average molecular weight is 280 g/mol. The van der Waals surface area contributed by atoms with Gasteiger partial charge in [-0.2, -0.15) is 0 Å². The number of hydrogen-bond acceptors (Lipinski definition) is 3. The second-order valence-corrected chi connectivity index (χ2v) is 6.35. The Bertz CT molecular complexity index is 408. The Labute approximate surface area is 105 Å². The summed E-state index contributed by atoms with van der Waals surface area (Å²) in [5, 5.41) is 0. The van der Waals surface area contributed by atoms with Gasteiger partial charge in [0, 0.05) is 17.7 Å². The second kappa shape index (κ2) is 6.49. The highest BCUT2D eigenvalue weighted by atomic mass is 35.7. The molecule has 0 amide bonds. The SMILES string of the molecule is CCCCN(SCl)S(=O)(=O)c1ccccc1. The van der Waals surface area contributed by atoms with Crippen LogP contribution in [0.1, 0.15) is 19.8 Å². The summed E-state index contributed by atoms with van der Waals surface area (Å²) in [5.41, 5.74) is 0. The van der Waals surface area contributed by atoms with Gasteiger partial charge in [0.15, 0.2) is 0 Å². The summed E-state index contributed by atoms with van der Waals surface area (Å²) in [6.45, 7) is 2.44. The predicted molar refractivity (Wildman–Crippen MR) is 68.7 cm³/mol. The highest BCUT2D eigenvalue weighted by Gasteiger charge is 2.23. The molecule has 0 radical (unpaired) electrons. The summed E-state index contributed by atoms with van der Waals surface area (Å²) in [4.78, 5) is 0.277. The lowest BCUT2D eigenvalue weighted by Crippen LogP contribution is -2.24. The fourth-order valence-electron chi connectivity index (χ4n) is 1.19. The maximum atomic E-state index is 12.1. The summed E-state index contributed by atoms with van der Waals surface area (Å²) >= 11 is 0.729. The van der Waals surface area contributed by atoms with Crippen LogP contribution < -0.4 is 0 Å². The zero-order valence-corrected chi connectivity index (χ0v) is 11.4. The maximum absolute atomic E-state index is 12.1. The molecule has 0 aliphatic heterocycles. The van der Waals surface area contributed by atoms with Crippen molar-refractivity contribution in [2.75, 3.05) is 6.54 Å². The lowest BCUT2D eigenvalue weighted by atomic mass is 10.3. The van der Waals surface area contributed by atoms with Crippen molar-refractivity contribution in [3.05, 3.63) is 30.3 Å². The molecule has 0 bridgehead atoms. The maximum Gasteiger partial charge on any atom is 0.253 e. The van der Waals surface area contributed by atoms with Crippen molar-refractivity contribution in [1.82, 2.24) is 3.71 Å². The van der Waals surface area contributed by atoms with E-state index in [1.165, 1.54) is 3.71 Å². The predicted octanol–water partition coefficient (Wildman–Crippen LogP) is 3.28. The fraction of sp³-hybridized carbons (Fsp3) is 0.400. The molecule has 1 rings (SSSR count). The molecule has 0 N–H and O–H groups in total. The Morgan fingerprint density at radius 1 is 1.31 bits per heavy atom. The van der Waals surface area contributed by atoms with Gasteiger partial charge in [0.1, 0.15) is 0 Å². The van der Waals surface area contributed by atoms with Crippen LogP contribution in [0.5, 0.6) is 0 Å². The van der Waals surface area contributed by atoms with E-state index in [0.717, 1.165) is 24.0 Å². The minimum absolute atomic E-state index is 0.277. The number of benzene rings is 1. The van der Waals surface area contributed by atoms with Crippen LogP contribution in [0.4, 0.5) is 0 Å². The van der Waals surface area contributed by atoms with E-state index in [-0.39, 0.29) is 4.90 Å². The second-order valence-electron chi connectivity index (χ2n) is 3.27. The first-order valence-electron chi connectivity index (χ1n) is 4.99. The van der Waals surface area contributed by atoms with Gasteiger partial charge >= 0.3 is 0 Å². The lowest BCUT2D eigenvalue weighted by Gasteiger charge is -2.17. The van der Waals surface area contributed by atoms with Gasteiger partial charge in [-0.3, -0.25) is 0 Å². The van der Waals surface area contributed by atoms with Gasteiger partial charge in [0.2, 0.25) is 0 Å². The van der Waals surface area contributed by atoms with Crippen LogP contribution in [0, 0.1) is 0 Å². The number of halogens is 1. The molecule has 0 spiro atoms. The Balaban J connectivity index is 2.91. The zero-order chi connectivity index (χ0) is 12.0. The van der Waals surface area contributed by atoms with E-state index in [1.54, 1.807) is 30.3 Å². The van der Waals surface area contributed by atoms with Gasteiger partial charge < -0.3 is 0 Å². The number of unbranched alkanes of at least 4 members (excludes halogenated alkanes) is 1. The third kappa shape index (κ3) is 3.38. The molecule has 1 aromatic rings. The Hall–Kier alpha value is -0.230. The van der Waals surface area contributed by atoms with E-state index in [0.29, 0.717) is 6.54 Å². The van der Waals surface area contributed by atoms with Crippen molar-refractivity contribution in [1.29, 1.82) is 0 Å². The third-order valence-electron chi connectivity index (χ3n) is 2.08. The van der Waals surface area contributed by atoms with Gasteiger partial charge in [0.25, 0.3) is 10.0 Å². The van der Waals surface area contributed by atoms with Gasteiger partial charge in [-0.05, 0) is 29.2 Å². The van der Waals surface area contributed by atoms with Gasteiger partial charge in [-0.1, -0.05) is 31.5 Å². The largest absolute Gasteiger partial charge is 0.253 e. The van der Waals surface area contributed by atoms with Crippen molar-refractivity contribution in [3.63, 3.8) is 0 Å². The summed E-state index contributed by atoms with van der Waals surface area (Å²) in [6, 6.07) is 8.32. The highest BCUT2D eigenvalue weighted by Crippen LogP contribution is 2.25. The fourth-order valence-corrected chi connectivity index (χ4v) is 3.92. The first-order valence-corrected chi connectivity index (χ1v) is 8.03. The van der Waals surface area contributed by atoms with Crippen LogP contribution in [0.25, 0.3) is 0 Å². The molecule has 90 valence electrons. The smallest absolute Gasteiger partial charge is 0.206 e. The molecule has 6 heteroatoms. The molecule has 0 atom stereocenters. The van der Waals surface area contributed by atoms with Crippen LogP contribution >= 0.6 is 21.8 Å². The molecular formula is C10H14ClNO2S2. The van der Waals surface area contributed by atoms with Gasteiger partial charge in [-0.25, -0.2) is 8.42 Å². The molecule has 0 saturated carbocycles. The first-order chi connectivity index (χ1) is 7.62. The van der Waals surface area contributed by atoms with Crippen LogP contribution in [0.3, 0.4) is 0 Å². The van der Waals surface area contributed by atoms with Gasteiger partial charge in [0.05, 0.1) is 4.90 Å². The zero-order valence-electron chi connectivity index (χ0n) is 8.97. The molecule has 16 heavy (non-hydrogen) atoms. The lowest BCUT2D eigenvalue weighted by molar-refractivity contribution is 0.534. The molecule has 0 saturated heterocycles. The summed E-state index contributed by atoms with van der Waals surface area (Å²) in [6.07, 6.45) is 1.73. The topological polar surface area (TPSA) is 37.4 Å². The van der Waals surface area contributed by atoms with Gasteiger partial charge in [-0.15, -0.1) is 3.71 Å². The quantitative estimate of drug-likeness (QED) is 0.750. The van der Waals surface area contributed by atoms with E-state index in [2.05, 4.69) is 0 Å². The number of nitrogens with zero attached hydrogens (tertiary/aromatic N) is 1. The van der Waals surface area contributed by atoms with Crippen LogP contribution in [0.15, 0.2) is 35.2 Å². The Kier molecular flexibility index (Phi) is 5.61. The molecule has 3 nitrogen and oxygen atoms in total. The normalized spacial score (nSPS) is 11.9. The van der Waals surface area contributed by atoms with E-state index < -0.39 is 10.0 Å². The summed E-state index contributed by atoms with van der Waals surface area (Å²) < 4.78 is 25.4. The minimum Gasteiger partial charge on any atom is -0.206 e. The van der Waals surface area contributed by atoms with E-state index in [4.69, 9.17) is 10.7 Å². The van der Waals surface area contributed by atoms with E-state index in [1.807, 2.05) is 6.92 Å². The van der Waals surface area contributed by atoms with E-state index >= 15 is 0 Å². The Morgan fingerprint density at radius 2 is 1.94 bits per heavy atom. The first kappa shape index (κ1) is 13.8. The number of rotatable bonds is 6. The van der Waals surface area contributed by atoms with Crippen molar-refractivity contribution in [3.8, 4) is 0 Å². The molecule has 0 aliphatic carbocycles. The average Bonchev–Trinajstić information content (AvgIpc) is 2.31. The van der Waals surface area contributed by atoms with Crippen molar-refractivity contribution >= 4 is 31.9 Å². The Morgan fingerprint density at radius 3 is 2.44 bits per heavy atom. The molecule has 1 aromatic carbocycles. The van der Waals surface area contributed by atoms with Crippen molar-refractivity contribution < 1.29 is 8.42 Å². The molecular weight excluding hydrogens is 266 g/mol.